The van der Waals surface area contributed by atoms with Crippen molar-refractivity contribution in [2.75, 3.05) is 6.54 Å². The molecule has 2 fully saturated rings. The minimum Gasteiger partial charge on any atom is -0.207 e. The van der Waals surface area contributed by atoms with E-state index in [0.29, 0.717) is 10.8 Å². The molecule has 0 atom stereocenters. The first-order valence-electron chi connectivity index (χ1n) is 8.11. The van der Waals surface area contributed by atoms with E-state index in [2.05, 4.69) is 0 Å². The molecule has 0 saturated heterocycles. The van der Waals surface area contributed by atoms with Crippen LogP contribution in [0, 0.1) is 11.3 Å². The first kappa shape index (κ1) is 15.5. The second-order valence-corrected chi connectivity index (χ2v) is 8.23. The molecule has 1 aromatic rings. The van der Waals surface area contributed by atoms with Crippen LogP contribution in [0.25, 0.3) is 0 Å². The molecule has 5 heteroatoms. The standard InChI is InChI=1S/C17H22N2O2S/c18-12-13-19(16-8-9-16)22(20,21)17-10-6-15(7-11-17)14-4-2-1-3-5-14/h6-7,10-11,14,16H,1-5,8-9,13H2. The highest BCUT2D eigenvalue weighted by Gasteiger charge is 2.37. The molecule has 0 aromatic heterocycles. The fourth-order valence-electron chi connectivity index (χ4n) is 3.33. The number of hydrogen-bond donors (Lipinski definition) is 0. The van der Waals surface area contributed by atoms with Crippen LogP contribution in [0.4, 0.5) is 0 Å². The van der Waals surface area contributed by atoms with Gasteiger partial charge in [0.15, 0.2) is 0 Å². The third-order valence-electron chi connectivity index (χ3n) is 4.74. The molecular weight excluding hydrogens is 296 g/mol. The molecule has 0 unspecified atom stereocenters. The molecule has 0 N–H and O–H groups in total. The third kappa shape index (κ3) is 3.18. The number of hydrogen-bond acceptors (Lipinski definition) is 3. The van der Waals surface area contributed by atoms with Gasteiger partial charge in [0.05, 0.1) is 11.0 Å². The van der Waals surface area contributed by atoms with E-state index in [0.717, 1.165) is 12.8 Å². The Hall–Kier alpha value is -1.38. The van der Waals surface area contributed by atoms with Crippen LogP contribution < -0.4 is 0 Å². The van der Waals surface area contributed by atoms with Crippen LogP contribution in [0.2, 0.25) is 0 Å². The van der Waals surface area contributed by atoms with Gasteiger partial charge < -0.3 is 0 Å². The topological polar surface area (TPSA) is 61.2 Å². The van der Waals surface area contributed by atoms with Crippen molar-refractivity contribution >= 4 is 10.0 Å². The highest BCUT2D eigenvalue weighted by atomic mass is 32.2. The Morgan fingerprint density at radius 1 is 1.05 bits per heavy atom. The molecule has 4 nitrogen and oxygen atoms in total. The summed E-state index contributed by atoms with van der Waals surface area (Å²) in [5.74, 6) is 0.573. The van der Waals surface area contributed by atoms with E-state index >= 15 is 0 Å². The first-order chi connectivity index (χ1) is 10.6. The van der Waals surface area contributed by atoms with Crippen LogP contribution in [0.15, 0.2) is 29.2 Å². The number of nitriles is 1. The number of sulfonamides is 1. The van der Waals surface area contributed by atoms with E-state index in [1.165, 1.54) is 42.0 Å². The number of benzene rings is 1. The highest BCUT2D eigenvalue weighted by Crippen LogP contribution is 2.34. The van der Waals surface area contributed by atoms with E-state index in [1.54, 1.807) is 12.1 Å². The summed E-state index contributed by atoms with van der Waals surface area (Å²) < 4.78 is 26.7. The lowest BCUT2D eigenvalue weighted by molar-refractivity contribution is 0.437. The first-order valence-corrected chi connectivity index (χ1v) is 9.55. The molecule has 1 aromatic carbocycles. The average molecular weight is 318 g/mol. The van der Waals surface area contributed by atoms with E-state index in [9.17, 15) is 8.42 Å². The Morgan fingerprint density at radius 3 is 2.23 bits per heavy atom. The second-order valence-electron chi connectivity index (χ2n) is 6.34. The zero-order valence-electron chi connectivity index (χ0n) is 12.7. The molecular formula is C17H22N2O2S. The molecule has 0 heterocycles. The summed E-state index contributed by atoms with van der Waals surface area (Å²) >= 11 is 0. The van der Waals surface area contributed by atoms with E-state index in [1.807, 2.05) is 18.2 Å². The summed E-state index contributed by atoms with van der Waals surface area (Å²) in [6.45, 7) is -0.0582. The van der Waals surface area contributed by atoms with E-state index in [-0.39, 0.29) is 12.6 Å². The zero-order valence-corrected chi connectivity index (χ0v) is 13.6. The lowest BCUT2D eigenvalue weighted by Crippen LogP contribution is -2.33. The highest BCUT2D eigenvalue weighted by molar-refractivity contribution is 7.89. The smallest absolute Gasteiger partial charge is 0.207 e. The summed E-state index contributed by atoms with van der Waals surface area (Å²) in [7, 11) is -3.54. The fraction of sp³-hybridized carbons (Fsp3) is 0.588. The minimum absolute atomic E-state index is 0.0164. The molecule has 3 rings (SSSR count). The molecule has 0 radical (unpaired) electrons. The third-order valence-corrected chi connectivity index (χ3v) is 6.66. The van der Waals surface area contributed by atoms with Crippen molar-refractivity contribution in [2.24, 2.45) is 0 Å². The maximum Gasteiger partial charge on any atom is 0.244 e. The predicted octanol–water partition coefficient (Wildman–Crippen LogP) is 3.41. The van der Waals surface area contributed by atoms with Gasteiger partial charge in [0, 0.05) is 6.04 Å². The molecule has 0 aliphatic heterocycles. The van der Waals surface area contributed by atoms with Crippen molar-refractivity contribution in [3.8, 4) is 6.07 Å². The van der Waals surface area contributed by atoms with Gasteiger partial charge in [-0.25, -0.2) is 8.42 Å². The van der Waals surface area contributed by atoms with Gasteiger partial charge in [0.2, 0.25) is 10.0 Å². The number of rotatable bonds is 5. The maximum atomic E-state index is 12.7. The molecule has 0 amide bonds. The Bertz CT molecular complexity index is 651. The number of nitrogens with zero attached hydrogens (tertiary/aromatic N) is 2. The van der Waals surface area contributed by atoms with Crippen molar-refractivity contribution in [1.29, 1.82) is 5.26 Å². The van der Waals surface area contributed by atoms with Gasteiger partial charge in [-0.3, -0.25) is 0 Å². The van der Waals surface area contributed by atoms with Gasteiger partial charge in [-0.1, -0.05) is 31.4 Å². The van der Waals surface area contributed by atoms with Crippen LogP contribution in [0.1, 0.15) is 56.4 Å². The van der Waals surface area contributed by atoms with E-state index in [4.69, 9.17) is 5.26 Å². The van der Waals surface area contributed by atoms with Crippen molar-refractivity contribution in [1.82, 2.24) is 4.31 Å². The van der Waals surface area contributed by atoms with Crippen molar-refractivity contribution < 1.29 is 8.42 Å². The van der Waals surface area contributed by atoms with Crippen LogP contribution in [0.5, 0.6) is 0 Å². The van der Waals surface area contributed by atoms with Crippen molar-refractivity contribution in [3.63, 3.8) is 0 Å². The predicted molar refractivity (Wildman–Crippen MR) is 84.8 cm³/mol. The molecule has 2 saturated carbocycles. The van der Waals surface area contributed by atoms with Gasteiger partial charge >= 0.3 is 0 Å². The minimum atomic E-state index is -3.54. The van der Waals surface area contributed by atoms with Crippen molar-refractivity contribution in [3.05, 3.63) is 29.8 Å². The van der Waals surface area contributed by atoms with Crippen LogP contribution in [-0.2, 0) is 10.0 Å². The maximum absolute atomic E-state index is 12.7. The fourth-order valence-corrected chi connectivity index (χ4v) is 4.91. The Kier molecular flexibility index (Phi) is 4.51. The quantitative estimate of drug-likeness (QED) is 0.782. The molecule has 22 heavy (non-hydrogen) atoms. The monoisotopic (exact) mass is 318 g/mol. The molecule has 0 spiro atoms. The zero-order chi connectivity index (χ0) is 15.6. The Labute approximate surface area is 132 Å². The van der Waals surface area contributed by atoms with E-state index < -0.39 is 10.0 Å². The Balaban J connectivity index is 1.80. The molecule has 2 aliphatic rings. The summed E-state index contributed by atoms with van der Waals surface area (Å²) in [5, 5.41) is 8.88. The summed E-state index contributed by atoms with van der Waals surface area (Å²) in [6, 6.07) is 9.34. The Morgan fingerprint density at radius 2 is 1.68 bits per heavy atom. The average Bonchev–Trinajstić information content (AvgIpc) is 3.38. The lowest BCUT2D eigenvalue weighted by atomic mass is 9.84. The normalized spacial score (nSPS) is 20.0. The van der Waals surface area contributed by atoms with Crippen LogP contribution in [0.3, 0.4) is 0 Å². The van der Waals surface area contributed by atoms with Crippen molar-refractivity contribution in [2.45, 2.75) is 61.8 Å². The molecule has 2 aliphatic carbocycles. The van der Waals surface area contributed by atoms with Gasteiger partial charge in [-0.2, -0.15) is 9.57 Å². The summed E-state index contributed by atoms with van der Waals surface area (Å²) in [6.07, 6.45) is 7.98. The SMILES string of the molecule is N#CCN(C1CC1)S(=O)(=O)c1ccc(C2CCCCC2)cc1. The molecule has 118 valence electrons. The van der Waals surface area contributed by atoms with Gasteiger partial charge in [0.1, 0.15) is 6.54 Å². The van der Waals surface area contributed by atoms with Gasteiger partial charge in [-0.05, 0) is 49.3 Å². The van der Waals surface area contributed by atoms with Gasteiger partial charge in [-0.15, -0.1) is 0 Å². The largest absolute Gasteiger partial charge is 0.244 e. The second kappa shape index (κ2) is 6.39. The van der Waals surface area contributed by atoms with Crippen LogP contribution in [-0.4, -0.2) is 25.3 Å². The van der Waals surface area contributed by atoms with Gasteiger partial charge in [0.25, 0.3) is 0 Å². The summed E-state index contributed by atoms with van der Waals surface area (Å²) in [4.78, 5) is 0.314. The molecule has 0 bridgehead atoms. The van der Waals surface area contributed by atoms with Crippen LogP contribution >= 0.6 is 0 Å². The summed E-state index contributed by atoms with van der Waals surface area (Å²) in [5.41, 5.74) is 1.25. The lowest BCUT2D eigenvalue weighted by Gasteiger charge is -2.23.